The van der Waals surface area contributed by atoms with Gasteiger partial charge in [0.1, 0.15) is 0 Å². The van der Waals surface area contributed by atoms with Crippen molar-refractivity contribution in [1.82, 2.24) is 14.7 Å². The summed E-state index contributed by atoms with van der Waals surface area (Å²) in [7, 11) is 0. The minimum Gasteiger partial charge on any atom is -0.382 e. The van der Waals surface area contributed by atoms with Crippen LogP contribution >= 0.6 is 0 Å². The average molecular weight is 308 g/mol. The Bertz CT molecular complexity index is 505. The van der Waals surface area contributed by atoms with Crippen molar-refractivity contribution in [3.8, 4) is 0 Å². The summed E-state index contributed by atoms with van der Waals surface area (Å²) in [5.41, 5.74) is 0. The zero-order valence-electron chi connectivity index (χ0n) is 11.0. The highest BCUT2D eigenvalue weighted by Gasteiger charge is 2.46. The van der Waals surface area contributed by atoms with Crippen molar-refractivity contribution in [2.75, 3.05) is 13.1 Å². The van der Waals surface area contributed by atoms with Crippen LogP contribution in [0, 0.1) is 10.1 Å². The molecular formula is C11H15F3N4O3. The largest absolute Gasteiger partial charge is 0.415 e. The fourth-order valence-corrected chi connectivity index (χ4v) is 2.51. The van der Waals surface area contributed by atoms with E-state index in [1.54, 1.807) is 4.90 Å². The van der Waals surface area contributed by atoms with Gasteiger partial charge in [0.2, 0.25) is 0 Å². The predicted octanol–water partition coefficient (Wildman–Crippen LogP) is 1.18. The number of rotatable bonds is 5. The SMILES string of the molecule is O=[N+]([O-])c1ccn(CCN2CCC[C@H]2[C@H](O)C(F)(F)F)n1. The Morgan fingerprint density at radius 2 is 2.24 bits per heavy atom. The fourth-order valence-electron chi connectivity index (χ4n) is 2.51. The van der Waals surface area contributed by atoms with Gasteiger partial charge in [-0.1, -0.05) is 0 Å². The van der Waals surface area contributed by atoms with Gasteiger partial charge in [0, 0.05) is 12.6 Å². The molecule has 1 fully saturated rings. The van der Waals surface area contributed by atoms with Crippen LogP contribution in [0.4, 0.5) is 19.0 Å². The molecule has 0 radical (unpaired) electrons. The zero-order chi connectivity index (χ0) is 15.6. The van der Waals surface area contributed by atoms with Crippen molar-refractivity contribution in [1.29, 1.82) is 0 Å². The molecule has 0 unspecified atom stereocenters. The van der Waals surface area contributed by atoms with E-state index in [0.29, 0.717) is 13.0 Å². The molecule has 0 aliphatic carbocycles. The Labute approximate surface area is 118 Å². The van der Waals surface area contributed by atoms with Gasteiger partial charge in [-0.25, -0.2) is 0 Å². The first-order valence-corrected chi connectivity index (χ1v) is 6.45. The highest BCUT2D eigenvalue weighted by atomic mass is 19.4. The molecule has 1 saturated heterocycles. The first-order chi connectivity index (χ1) is 9.79. The van der Waals surface area contributed by atoms with Crippen LogP contribution in [0.2, 0.25) is 0 Å². The minimum atomic E-state index is -4.64. The Hall–Kier alpha value is -1.68. The molecule has 21 heavy (non-hydrogen) atoms. The average Bonchev–Trinajstić information content (AvgIpc) is 3.03. The van der Waals surface area contributed by atoms with Crippen LogP contribution in [0.25, 0.3) is 0 Å². The lowest BCUT2D eigenvalue weighted by atomic mass is 10.1. The third-order valence-corrected chi connectivity index (χ3v) is 3.54. The maximum atomic E-state index is 12.6. The van der Waals surface area contributed by atoms with Gasteiger partial charge in [-0.2, -0.15) is 17.9 Å². The first kappa shape index (κ1) is 15.7. The summed E-state index contributed by atoms with van der Waals surface area (Å²) in [4.78, 5) is 11.4. The number of halogens is 3. The summed E-state index contributed by atoms with van der Waals surface area (Å²) in [6, 6.07) is 0.266. The summed E-state index contributed by atoms with van der Waals surface area (Å²) in [5.74, 6) is -0.303. The van der Waals surface area contributed by atoms with E-state index in [-0.39, 0.29) is 25.3 Å². The maximum Gasteiger partial charge on any atom is 0.415 e. The molecule has 7 nitrogen and oxygen atoms in total. The van der Waals surface area contributed by atoms with Crippen LogP contribution in [0.3, 0.4) is 0 Å². The lowest BCUT2D eigenvalue weighted by Crippen LogP contribution is -2.47. The van der Waals surface area contributed by atoms with Crippen molar-refractivity contribution >= 4 is 5.82 Å². The Morgan fingerprint density at radius 1 is 1.52 bits per heavy atom. The molecule has 0 amide bonds. The van der Waals surface area contributed by atoms with Gasteiger partial charge in [0.15, 0.2) is 6.10 Å². The van der Waals surface area contributed by atoms with E-state index < -0.39 is 23.2 Å². The minimum absolute atomic E-state index is 0.231. The number of aliphatic hydroxyl groups excluding tert-OH is 1. The van der Waals surface area contributed by atoms with Crippen molar-refractivity contribution in [2.24, 2.45) is 0 Å². The molecule has 0 bridgehead atoms. The predicted molar refractivity (Wildman–Crippen MR) is 65.5 cm³/mol. The van der Waals surface area contributed by atoms with E-state index in [4.69, 9.17) is 0 Å². The monoisotopic (exact) mass is 308 g/mol. The molecule has 2 rings (SSSR count). The quantitative estimate of drug-likeness (QED) is 0.652. The van der Waals surface area contributed by atoms with Gasteiger partial charge in [-0.3, -0.25) is 4.90 Å². The van der Waals surface area contributed by atoms with Crippen LogP contribution in [-0.2, 0) is 6.54 Å². The van der Waals surface area contributed by atoms with E-state index in [0.717, 1.165) is 0 Å². The molecule has 2 heterocycles. The number of aromatic nitrogens is 2. The van der Waals surface area contributed by atoms with Crippen molar-refractivity contribution in [3.63, 3.8) is 0 Å². The molecule has 1 aromatic heterocycles. The molecule has 118 valence electrons. The number of hydrogen-bond acceptors (Lipinski definition) is 5. The van der Waals surface area contributed by atoms with E-state index in [1.165, 1.54) is 16.9 Å². The number of nitro groups is 1. The van der Waals surface area contributed by atoms with Crippen LogP contribution < -0.4 is 0 Å². The van der Waals surface area contributed by atoms with E-state index in [1.807, 2.05) is 0 Å². The summed E-state index contributed by atoms with van der Waals surface area (Å²) in [5, 5.41) is 23.5. The third kappa shape index (κ3) is 3.70. The highest BCUT2D eigenvalue weighted by molar-refractivity contribution is 5.13. The lowest BCUT2D eigenvalue weighted by molar-refractivity contribution is -0.389. The smallest absolute Gasteiger partial charge is 0.382 e. The maximum absolute atomic E-state index is 12.6. The highest BCUT2D eigenvalue weighted by Crippen LogP contribution is 2.30. The van der Waals surface area contributed by atoms with Crippen LogP contribution in [-0.4, -0.2) is 56.1 Å². The van der Waals surface area contributed by atoms with Gasteiger partial charge < -0.3 is 15.2 Å². The van der Waals surface area contributed by atoms with Gasteiger partial charge in [-0.05, 0) is 24.3 Å². The Kier molecular flexibility index (Phi) is 4.47. The molecule has 1 N–H and O–H groups in total. The molecular weight excluding hydrogens is 293 g/mol. The van der Waals surface area contributed by atoms with Crippen LogP contribution in [0.5, 0.6) is 0 Å². The van der Waals surface area contributed by atoms with Gasteiger partial charge in [-0.15, -0.1) is 0 Å². The topological polar surface area (TPSA) is 84.4 Å². The molecule has 0 saturated carbocycles. The standard InChI is InChI=1S/C11H15F3N4O3/c12-11(13,14)10(19)8-2-1-4-16(8)6-7-17-5-3-9(15-17)18(20)21/h3,5,8,10,19H,1-2,4,6-7H2/t8-,10-/m0/s1. The van der Waals surface area contributed by atoms with E-state index in [2.05, 4.69) is 5.10 Å². The molecule has 0 aromatic carbocycles. The molecule has 1 aromatic rings. The molecule has 0 spiro atoms. The van der Waals surface area contributed by atoms with E-state index >= 15 is 0 Å². The van der Waals surface area contributed by atoms with Gasteiger partial charge in [0.05, 0.1) is 23.9 Å². The Balaban J connectivity index is 1.93. The van der Waals surface area contributed by atoms with Gasteiger partial charge >= 0.3 is 12.0 Å². The molecule has 1 aliphatic rings. The van der Waals surface area contributed by atoms with Crippen LogP contribution in [0.1, 0.15) is 12.8 Å². The summed E-state index contributed by atoms with van der Waals surface area (Å²) in [6.07, 6.45) is -4.75. The number of hydrogen-bond donors (Lipinski definition) is 1. The number of aliphatic hydroxyl groups is 1. The number of nitrogens with zero attached hydrogens (tertiary/aromatic N) is 4. The fraction of sp³-hybridized carbons (Fsp3) is 0.727. The lowest BCUT2D eigenvalue weighted by Gasteiger charge is -2.29. The summed E-state index contributed by atoms with van der Waals surface area (Å²) >= 11 is 0. The second-order valence-electron chi connectivity index (χ2n) is 4.93. The molecule has 1 aliphatic heterocycles. The van der Waals surface area contributed by atoms with Crippen molar-refractivity contribution in [3.05, 3.63) is 22.4 Å². The van der Waals surface area contributed by atoms with Gasteiger partial charge in [0.25, 0.3) is 0 Å². The number of alkyl halides is 3. The van der Waals surface area contributed by atoms with E-state index in [9.17, 15) is 28.4 Å². The second-order valence-corrected chi connectivity index (χ2v) is 4.93. The van der Waals surface area contributed by atoms with Crippen LogP contribution in [0.15, 0.2) is 12.3 Å². The summed E-state index contributed by atoms with van der Waals surface area (Å²) in [6.45, 7) is 0.937. The Morgan fingerprint density at radius 3 is 2.81 bits per heavy atom. The summed E-state index contributed by atoms with van der Waals surface area (Å²) < 4.78 is 39.0. The molecule has 2 atom stereocenters. The normalized spacial score (nSPS) is 21.6. The molecule has 10 heteroatoms. The second kappa shape index (κ2) is 5.98. The zero-order valence-corrected chi connectivity index (χ0v) is 11.0. The third-order valence-electron chi connectivity index (χ3n) is 3.54. The number of likely N-dealkylation sites (tertiary alicyclic amines) is 1. The van der Waals surface area contributed by atoms with Crippen molar-refractivity contribution < 1.29 is 23.2 Å². The first-order valence-electron chi connectivity index (χ1n) is 6.45. The van der Waals surface area contributed by atoms with Crippen molar-refractivity contribution in [2.45, 2.75) is 37.7 Å².